The SMILES string of the molecule is CC(C(=O)NC1CCCCC1)N(Cc1c(Cl)cccc1Cl)C(=O)CN(c1ccc(OCc2ccccc2)cc1)S(C)(=O)=O. The Balaban J connectivity index is 1.55. The van der Waals surface area contributed by atoms with E-state index < -0.39 is 28.5 Å². The lowest BCUT2D eigenvalue weighted by Crippen LogP contribution is -2.53. The summed E-state index contributed by atoms with van der Waals surface area (Å²) in [7, 11) is -3.88. The lowest BCUT2D eigenvalue weighted by atomic mass is 9.95. The summed E-state index contributed by atoms with van der Waals surface area (Å²) in [5, 5.41) is 3.76. The van der Waals surface area contributed by atoms with Crippen LogP contribution in [0.25, 0.3) is 0 Å². The molecule has 2 amide bonds. The van der Waals surface area contributed by atoms with E-state index in [2.05, 4.69) is 5.32 Å². The highest BCUT2D eigenvalue weighted by atomic mass is 35.5. The molecule has 0 radical (unpaired) electrons. The third-order valence-electron chi connectivity index (χ3n) is 7.56. The molecule has 1 saturated carbocycles. The van der Waals surface area contributed by atoms with Gasteiger partial charge in [0.15, 0.2) is 0 Å². The highest BCUT2D eigenvalue weighted by Gasteiger charge is 2.32. The Morgan fingerprint density at radius 2 is 1.56 bits per heavy atom. The lowest BCUT2D eigenvalue weighted by molar-refractivity contribution is -0.139. The van der Waals surface area contributed by atoms with Crippen LogP contribution in [0.3, 0.4) is 0 Å². The van der Waals surface area contributed by atoms with Gasteiger partial charge in [-0.2, -0.15) is 0 Å². The van der Waals surface area contributed by atoms with Crippen LogP contribution >= 0.6 is 23.2 Å². The monoisotopic (exact) mass is 645 g/mol. The molecule has 0 aromatic heterocycles. The van der Waals surface area contributed by atoms with Crippen molar-refractivity contribution < 1.29 is 22.7 Å². The van der Waals surface area contributed by atoms with Crippen molar-refractivity contribution in [2.45, 2.75) is 64.3 Å². The molecule has 0 saturated heterocycles. The van der Waals surface area contributed by atoms with Crippen molar-refractivity contribution in [1.82, 2.24) is 10.2 Å². The zero-order chi connectivity index (χ0) is 31.0. The number of rotatable bonds is 12. The number of hydrogen-bond donors (Lipinski definition) is 1. The normalized spacial score (nSPS) is 14.5. The Kier molecular flexibility index (Phi) is 11.3. The van der Waals surface area contributed by atoms with Gasteiger partial charge in [-0.15, -0.1) is 0 Å². The summed E-state index contributed by atoms with van der Waals surface area (Å²) in [4.78, 5) is 28.6. The topological polar surface area (TPSA) is 96.0 Å². The lowest BCUT2D eigenvalue weighted by Gasteiger charge is -2.33. The summed E-state index contributed by atoms with van der Waals surface area (Å²) < 4.78 is 32.7. The third kappa shape index (κ3) is 9.11. The number of carbonyl (C=O) groups excluding carboxylic acids is 2. The molecule has 3 aromatic rings. The predicted octanol–water partition coefficient (Wildman–Crippen LogP) is 6.20. The molecule has 3 aromatic carbocycles. The van der Waals surface area contributed by atoms with Crippen molar-refractivity contribution >= 4 is 50.7 Å². The molecule has 8 nitrogen and oxygen atoms in total. The van der Waals surface area contributed by atoms with Crippen molar-refractivity contribution in [2.75, 3.05) is 17.1 Å². The number of carbonyl (C=O) groups is 2. The molecule has 1 aliphatic carbocycles. The molecule has 0 bridgehead atoms. The van der Waals surface area contributed by atoms with Crippen LogP contribution in [0.1, 0.15) is 50.2 Å². The van der Waals surface area contributed by atoms with Crippen molar-refractivity contribution in [2.24, 2.45) is 0 Å². The van der Waals surface area contributed by atoms with E-state index in [-0.39, 0.29) is 24.2 Å². The molecule has 0 spiro atoms. The molecule has 230 valence electrons. The maximum Gasteiger partial charge on any atom is 0.244 e. The van der Waals surface area contributed by atoms with Gasteiger partial charge in [0.25, 0.3) is 0 Å². The first-order chi connectivity index (χ1) is 20.5. The molecule has 1 unspecified atom stereocenters. The van der Waals surface area contributed by atoms with Crippen LogP contribution in [0.15, 0.2) is 72.8 Å². The largest absolute Gasteiger partial charge is 0.489 e. The summed E-state index contributed by atoms with van der Waals surface area (Å²) in [5.74, 6) is -0.332. The molecule has 43 heavy (non-hydrogen) atoms. The summed E-state index contributed by atoms with van der Waals surface area (Å²) in [5.41, 5.74) is 1.76. The number of sulfonamides is 1. The number of halogens is 2. The van der Waals surface area contributed by atoms with Gasteiger partial charge in [-0.3, -0.25) is 13.9 Å². The number of hydrogen-bond acceptors (Lipinski definition) is 5. The second-order valence-corrected chi connectivity index (χ2v) is 13.5. The Morgan fingerprint density at radius 3 is 2.16 bits per heavy atom. The summed E-state index contributed by atoms with van der Waals surface area (Å²) in [6.45, 7) is 1.39. The number of nitrogens with one attached hydrogen (secondary N) is 1. The van der Waals surface area contributed by atoms with Gasteiger partial charge in [0.05, 0.1) is 11.9 Å². The minimum absolute atomic E-state index is 0.0414. The van der Waals surface area contributed by atoms with Crippen molar-refractivity contribution in [3.05, 3.63) is 94.0 Å². The van der Waals surface area contributed by atoms with Gasteiger partial charge in [-0.05, 0) is 61.7 Å². The number of anilines is 1. The molecule has 0 heterocycles. The highest BCUT2D eigenvalue weighted by Crippen LogP contribution is 2.28. The van der Waals surface area contributed by atoms with Crippen LogP contribution in [0.4, 0.5) is 5.69 Å². The molecule has 1 fully saturated rings. The molecular formula is C32H37Cl2N3O5S. The average Bonchev–Trinajstić information content (AvgIpc) is 2.99. The predicted molar refractivity (Wildman–Crippen MR) is 171 cm³/mol. The van der Waals surface area contributed by atoms with Gasteiger partial charge in [0, 0.05) is 28.2 Å². The molecule has 1 aliphatic rings. The average molecular weight is 647 g/mol. The van der Waals surface area contributed by atoms with Crippen LogP contribution in [0.5, 0.6) is 5.75 Å². The first-order valence-electron chi connectivity index (χ1n) is 14.3. The van der Waals surface area contributed by atoms with E-state index in [0.29, 0.717) is 28.0 Å². The number of benzene rings is 3. The maximum absolute atomic E-state index is 13.9. The molecule has 1 atom stereocenters. The van der Waals surface area contributed by atoms with Crippen LogP contribution < -0.4 is 14.4 Å². The number of nitrogens with zero attached hydrogens (tertiary/aromatic N) is 2. The van der Waals surface area contributed by atoms with Gasteiger partial charge in [-0.1, -0.05) is 78.9 Å². The fraction of sp³-hybridized carbons (Fsp3) is 0.375. The van der Waals surface area contributed by atoms with E-state index in [4.69, 9.17) is 27.9 Å². The standard InChI is InChI=1S/C32H37Cl2N3O5S/c1-23(32(39)35-25-12-7-4-8-13-25)36(20-28-29(33)14-9-15-30(28)34)31(38)21-37(43(2,40)41)26-16-18-27(19-17-26)42-22-24-10-5-3-6-11-24/h3,5-6,9-11,14-19,23,25H,4,7-8,12-13,20-22H2,1-2H3,(H,35,39). The summed E-state index contributed by atoms with van der Waals surface area (Å²) in [6, 6.07) is 20.3. The first-order valence-corrected chi connectivity index (χ1v) is 16.9. The van der Waals surface area contributed by atoms with E-state index in [1.54, 1.807) is 49.4 Å². The van der Waals surface area contributed by atoms with Crippen molar-refractivity contribution in [1.29, 1.82) is 0 Å². The Labute approximate surface area is 264 Å². The molecule has 1 N–H and O–H groups in total. The van der Waals surface area contributed by atoms with Gasteiger partial charge < -0.3 is 15.0 Å². The van der Waals surface area contributed by atoms with Crippen LogP contribution in [0.2, 0.25) is 10.0 Å². The maximum atomic E-state index is 13.9. The van der Waals surface area contributed by atoms with E-state index in [0.717, 1.165) is 48.2 Å². The highest BCUT2D eigenvalue weighted by molar-refractivity contribution is 7.92. The zero-order valence-electron chi connectivity index (χ0n) is 24.3. The summed E-state index contributed by atoms with van der Waals surface area (Å²) in [6.07, 6.45) is 6.02. The fourth-order valence-electron chi connectivity index (χ4n) is 5.07. The zero-order valence-corrected chi connectivity index (χ0v) is 26.7. The third-order valence-corrected chi connectivity index (χ3v) is 9.41. The van der Waals surface area contributed by atoms with E-state index in [1.165, 1.54) is 4.90 Å². The quantitative estimate of drug-likeness (QED) is 0.253. The number of amides is 2. The first kappa shape index (κ1) is 32.6. The van der Waals surface area contributed by atoms with Gasteiger partial charge in [0.1, 0.15) is 24.9 Å². The molecule has 11 heteroatoms. The van der Waals surface area contributed by atoms with E-state index in [1.807, 2.05) is 30.3 Å². The molecular weight excluding hydrogens is 609 g/mol. The Morgan fingerprint density at radius 1 is 0.930 bits per heavy atom. The van der Waals surface area contributed by atoms with Crippen molar-refractivity contribution in [3.8, 4) is 5.75 Å². The minimum Gasteiger partial charge on any atom is -0.489 e. The van der Waals surface area contributed by atoms with E-state index in [9.17, 15) is 18.0 Å². The van der Waals surface area contributed by atoms with Crippen LogP contribution in [-0.2, 0) is 32.8 Å². The van der Waals surface area contributed by atoms with Gasteiger partial charge in [0.2, 0.25) is 21.8 Å². The van der Waals surface area contributed by atoms with Crippen LogP contribution in [-0.4, -0.2) is 50.0 Å². The second-order valence-electron chi connectivity index (χ2n) is 10.8. The van der Waals surface area contributed by atoms with Gasteiger partial charge >= 0.3 is 0 Å². The minimum atomic E-state index is -3.88. The van der Waals surface area contributed by atoms with Crippen molar-refractivity contribution in [3.63, 3.8) is 0 Å². The Bertz CT molecular complexity index is 1480. The number of ether oxygens (including phenoxy) is 1. The molecule has 0 aliphatic heterocycles. The second kappa shape index (κ2) is 14.9. The van der Waals surface area contributed by atoms with Gasteiger partial charge in [-0.25, -0.2) is 8.42 Å². The smallest absolute Gasteiger partial charge is 0.244 e. The molecule has 4 rings (SSSR count). The van der Waals surface area contributed by atoms with Crippen LogP contribution in [0, 0.1) is 0 Å². The Hall–Kier alpha value is -3.27. The summed E-state index contributed by atoms with van der Waals surface area (Å²) >= 11 is 12.9. The van der Waals surface area contributed by atoms with E-state index >= 15 is 0 Å². The fourth-order valence-corrected chi connectivity index (χ4v) is 6.43.